The summed E-state index contributed by atoms with van der Waals surface area (Å²) in [7, 11) is 0. The van der Waals surface area contributed by atoms with Gasteiger partial charge in [-0.2, -0.15) is 0 Å². The molecule has 0 bridgehead atoms. The number of carbonyl (C=O) groups is 3. The van der Waals surface area contributed by atoms with Crippen molar-refractivity contribution in [1.29, 1.82) is 0 Å². The lowest BCUT2D eigenvalue weighted by atomic mass is 9.97. The molecule has 0 unspecified atom stereocenters. The standard InChI is InChI=1S/C27H30N2O5/c1-19-17-23(20(2)29(19)15-10-21-7-4-3-5-8-21)24(30)18-34-27(32)22-11-13-28(14-12-22)26(31)25-9-6-16-33-25/h3-9,16-17,22H,10-15,18H2,1-2H3. The SMILES string of the molecule is Cc1cc(C(=O)COC(=O)C2CCN(C(=O)c3ccco3)CC2)c(C)n1CCc1ccccc1. The van der Waals surface area contributed by atoms with Crippen molar-refractivity contribution in [2.24, 2.45) is 5.92 Å². The molecule has 7 heteroatoms. The molecule has 34 heavy (non-hydrogen) atoms. The zero-order chi connectivity index (χ0) is 24.1. The Morgan fingerprint density at radius 3 is 2.44 bits per heavy atom. The van der Waals surface area contributed by atoms with E-state index in [4.69, 9.17) is 9.15 Å². The number of rotatable bonds is 8. The van der Waals surface area contributed by atoms with Gasteiger partial charge in [0, 0.05) is 36.6 Å². The number of ketones is 1. The van der Waals surface area contributed by atoms with Crippen molar-refractivity contribution in [2.75, 3.05) is 19.7 Å². The third-order valence-corrected chi connectivity index (χ3v) is 6.53. The molecular formula is C27H30N2O5. The number of benzene rings is 1. The predicted octanol–water partition coefficient (Wildman–Crippen LogP) is 4.22. The van der Waals surface area contributed by atoms with Crippen molar-refractivity contribution < 1.29 is 23.5 Å². The summed E-state index contributed by atoms with van der Waals surface area (Å²) in [5.74, 6) is -0.761. The molecule has 4 rings (SSSR count). The Balaban J connectivity index is 1.27. The lowest BCUT2D eigenvalue weighted by Crippen LogP contribution is -2.40. The van der Waals surface area contributed by atoms with E-state index >= 15 is 0 Å². The summed E-state index contributed by atoms with van der Waals surface area (Å²) < 4.78 is 12.7. The fraction of sp³-hybridized carbons (Fsp3) is 0.370. The highest BCUT2D eigenvalue weighted by atomic mass is 16.5. The van der Waals surface area contributed by atoms with Gasteiger partial charge in [0.1, 0.15) is 0 Å². The normalized spacial score (nSPS) is 14.2. The molecule has 1 fully saturated rings. The molecule has 3 aromatic rings. The maximum Gasteiger partial charge on any atom is 0.309 e. The van der Waals surface area contributed by atoms with E-state index in [0.29, 0.717) is 37.3 Å². The average Bonchev–Trinajstić information content (AvgIpc) is 3.50. The summed E-state index contributed by atoms with van der Waals surface area (Å²) in [6, 6.07) is 15.4. The van der Waals surface area contributed by atoms with E-state index in [9.17, 15) is 14.4 Å². The lowest BCUT2D eigenvalue weighted by molar-refractivity contribution is -0.148. The van der Waals surface area contributed by atoms with Crippen molar-refractivity contribution in [3.05, 3.63) is 83.1 Å². The van der Waals surface area contributed by atoms with Crippen molar-refractivity contribution in [3.63, 3.8) is 0 Å². The maximum absolute atomic E-state index is 12.8. The molecule has 3 heterocycles. The quantitative estimate of drug-likeness (QED) is 0.370. The molecular weight excluding hydrogens is 432 g/mol. The monoisotopic (exact) mass is 462 g/mol. The van der Waals surface area contributed by atoms with Gasteiger partial charge in [-0.1, -0.05) is 30.3 Å². The number of Topliss-reactive ketones (excluding diaryl/α,β-unsaturated/α-hetero) is 1. The summed E-state index contributed by atoms with van der Waals surface area (Å²) in [6.45, 7) is 5.33. The molecule has 1 aliphatic rings. The van der Waals surface area contributed by atoms with Crippen LogP contribution in [0.15, 0.2) is 59.2 Å². The predicted molar refractivity (Wildman–Crippen MR) is 127 cm³/mol. The third-order valence-electron chi connectivity index (χ3n) is 6.53. The Labute approximate surface area is 199 Å². The second kappa shape index (κ2) is 10.5. The lowest BCUT2D eigenvalue weighted by Gasteiger charge is -2.30. The largest absolute Gasteiger partial charge is 0.459 e. The molecule has 0 radical (unpaired) electrons. The summed E-state index contributed by atoms with van der Waals surface area (Å²) >= 11 is 0. The number of piperidine rings is 1. The number of aromatic nitrogens is 1. The molecule has 1 aliphatic heterocycles. The van der Waals surface area contributed by atoms with Crippen LogP contribution in [0.4, 0.5) is 0 Å². The van der Waals surface area contributed by atoms with E-state index in [-0.39, 0.29) is 30.2 Å². The summed E-state index contributed by atoms with van der Waals surface area (Å²) in [6.07, 6.45) is 3.36. The number of esters is 1. The fourth-order valence-corrected chi connectivity index (χ4v) is 4.52. The van der Waals surface area contributed by atoms with Gasteiger partial charge in [0.15, 0.2) is 12.4 Å². The molecule has 1 aromatic carbocycles. The molecule has 2 aromatic heterocycles. The minimum Gasteiger partial charge on any atom is -0.459 e. The highest BCUT2D eigenvalue weighted by Crippen LogP contribution is 2.22. The van der Waals surface area contributed by atoms with Crippen molar-refractivity contribution in [1.82, 2.24) is 9.47 Å². The average molecular weight is 463 g/mol. The van der Waals surface area contributed by atoms with Gasteiger partial charge in [0.05, 0.1) is 12.2 Å². The van der Waals surface area contributed by atoms with Crippen LogP contribution < -0.4 is 0 Å². The molecule has 0 spiro atoms. The molecule has 178 valence electrons. The molecule has 7 nitrogen and oxygen atoms in total. The topological polar surface area (TPSA) is 81.8 Å². The number of hydrogen-bond acceptors (Lipinski definition) is 5. The van der Waals surface area contributed by atoms with Crippen LogP contribution in [0.5, 0.6) is 0 Å². The van der Waals surface area contributed by atoms with Gasteiger partial charge in [-0.15, -0.1) is 0 Å². The fourth-order valence-electron chi connectivity index (χ4n) is 4.52. The van der Waals surface area contributed by atoms with Crippen LogP contribution in [0.3, 0.4) is 0 Å². The van der Waals surface area contributed by atoms with Gasteiger partial charge >= 0.3 is 5.97 Å². The van der Waals surface area contributed by atoms with Crippen LogP contribution in [0.2, 0.25) is 0 Å². The first-order valence-corrected chi connectivity index (χ1v) is 11.7. The molecule has 0 aliphatic carbocycles. The van der Waals surface area contributed by atoms with Crippen LogP contribution in [0, 0.1) is 19.8 Å². The van der Waals surface area contributed by atoms with Gasteiger partial charge in [-0.05, 0) is 56.9 Å². The van der Waals surface area contributed by atoms with Gasteiger partial charge in [0.2, 0.25) is 5.78 Å². The molecule has 0 atom stereocenters. The Morgan fingerprint density at radius 1 is 1.03 bits per heavy atom. The van der Waals surface area contributed by atoms with Crippen LogP contribution in [0.1, 0.15) is 50.7 Å². The Bertz CT molecular complexity index is 1140. The first-order valence-electron chi connectivity index (χ1n) is 11.7. The van der Waals surface area contributed by atoms with Crippen LogP contribution in [-0.2, 0) is 22.5 Å². The number of furan rings is 1. The van der Waals surface area contributed by atoms with E-state index in [1.54, 1.807) is 17.0 Å². The second-order valence-corrected chi connectivity index (χ2v) is 8.75. The molecule has 1 amide bonds. The van der Waals surface area contributed by atoms with Crippen molar-refractivity contribution in [3.8, 4) is 0 Å². The van der Waals surface area contributed by atoms with Crippen LogP contribution in [0.25, 0.3) is 0 Å². The number of aryl methyl sites for hydroxylation is 2. The van der Waals surface area contributed by atoms with Gasteiger partial charge in [-0.25, -0.2) is 0 Å². The van der Waals surface area contributed by atoms with Crippen molar-refractivity contribution >= 4 is 17.7 Å². The number of carbonyl (C=O) groups excluding carboxylic acids is 3. The third kappa shape index (κ3) is 5.30. The number of likely N-dealkylation sites (tertiary alicyclic amines) is 1. The summed E-state index contributed by atoms with van der Waals surface area (Å²) in [4.78, 5) is 39.4. The smallest absolute Gasteiger partial charge is 0.309 e. The number of nitrogens with zero attached hydrogens (tertiary/aromatic N) is 2. The van der Waals surface area contributed by atoms with Crippen LogP contribution in [-0.4, -0.2) is 46.8 Å². The second-order valence-electron chi connectivity index (χ2n) is 8.75. The highest BCUT2D eigenvalue weighted by molar-refractivity contribution is 5.99. The minimum atomic E-state index is -0.378. The zero-order valence-corrected chi connectivity index (χ0v) is 19.7. The first-order chi connectivity index (χ1) is 16.4. The first kappa shape index (κ1) is 23.5. The maximum atomic E-state index is 12.8. The molecule has 1 saturated heterocycles. The Hall–Kier alpha value is -3.61. The molecule has 0 saturated carbocycles. The number of hydrogen-bond donors (Lipinski definition) is 0. The van der Waals surface area contributed by atoms with E-state index in [1.807, 2.05) is 38.1 Å². The van der Waals surface area contributed by atoms with E-state index in [0.717, 1.165) is 24.4 Å². The van der Waals surface area contributed by atoms with E-state index in [2.05, 4.69) is 16.7 Å². The highest BCUT2D eigenvalue weighted by Gasteiger charge is 2.30. The van der Waals surface area contributed by atoms with E-state index < -0.39 is 0 Å². The van der Waals surface area contributed by atoms with Gasteiger partial charge < -0.3 is 18.6 Å². The van der Waals surface area contributed by atoms with E-state index in [1.165, 1.54) is 11.8 Å². The van der Waals surface area contributed by atoms with Crippen LogP contribution >= 0.6 is 0 Å². The zero-order valence-electron chi connectivity index (χ0n) is 19.7. The molecule has 0 N–H and O–H groups in total. The van der Waals surface area contributed by atoms with Gasteiger partial charge in [0.25, 0.3) is 5.91 Å². The summed E-state index contributed by atoms with van der Waals surface area (Å²) in [5.41, 5.74) is 3.74. The number of amides is 1. The van der Waals surface area contributed by atoms with Crippen molar-refractivity contribution in [2.45, 2.75) is 39.7 Å². The summed E-state index contributed by atoms with van der Waals surface area (Å²) in [5, 5.41) is 0. The Morgan fingerprint density at radius 2 is 1.76 bits per heavy atom. The number of ether oxygens (including phenoxy) is 1. The van der Waals surface area contributed by atoms with Gasteiger partial charge in [-0.3, -0.25) is 14.4 Å². The minimum absolute atomic E-state index is 0.172. The Kier molecular flexibility index (Phi) is 7.30.